The van der Waals surface area contributed by atoms with Gasteiger partial charge in [0.25, 0.3) is 0 Å². The molecule has 1 aliphatic heterocycles. The lowest BCUT2D eigenvalue weighted by molar-refractivity contribution is -0.129. The van der Waals surface area contributed by atoms with Gasteiger partial charge >= 0.3 is 0 Å². The molecule has 18 heavy (non-hydrogen) atoms. The second-order valence-corrected chi connectivity index (χ2v) is 5.66. The highest BCUT2D eigenvalue weighted by Gasteiger charge is 2.16. The summed E-state index contributed by atoms with van der Waals surface area (Å²) < 4.78 is 11.0. The van der Waals surface area contributed by atoms with E-state index in [-0.39, 0.29) is 10.7 Å². The summed E-state index contributed by atoms with van der Waals surface area (Å²) in [6.07, 6.45) is 0. The highest BCUT2D eigenvalue weighted by Crippen LogP contribution is 2.31. The Labute approximate surface area is 115 Å². The number of benzene rings is 1. The average molecular weight is 314 g/mol. The first-order valence-corrected chi connectivity index (χ1v) is 6.77. The predicted octanol–water partition coefficient (Wildman–Crippen LogP) is 2.20. The summed E-state index contributed by atoms with van der Waals surface area (Å²) >= 11 is 3.28. The Morgan fingerprint density at radius 2 is 2.06 bits per heavy atom. The van der Waals surface area contributed by atoms with Gasteiger partial charge in [-0.2, -0.15) is 0 Å². The van der Waals surface area contributed by atoms with Crippen molar-refractivity contribution in [1.82, 2.24) is 4.90 Å². The van der Waals surface area contributed by atoms with Crippen molar-refractivity contribution < 1.29 is 14.3 Å². The lowest BCUT2D eigenvalue weighted by Crippen LogP contribution is -2.31. The Bertz CT molecular complexity index is 448. The first-order valence-electron chi connectivity index (χ1n) is 5.85. The fraction of sp³-hybridized carbons (Fsp3) is 0.462. The van der Waals surface area contributed by atoms with E-state index < -0.39 is 0 Å². The van der Waals surface area contributed by atoms with Crippen LogP contribution in [-0.4, -0.2) is 35.9 Å². The zero-order valence-electron chi connectivity index (χ0n) is 10.5. The fourth-order valence-electron chi connectivity index (χ4n) is 1.84. The number of nitrogens with zero attached hydrogens (tertiary/aromatic N) is 1. The van der Waals surface area contributed by atoms with Crippen LogP contribution in [0.2, 0.25) is 0 Å². The molecular formula is C13H16BrNO3. The summed E-state index contributed by atoms with van der Waals surface area (Å²) in [7, 11) is 1.79. The molecule has 1 amide bonds. The molecule has 0 N–H and O–H groups in total. The first-order chi connectivity index (χ1) is 8.58. The van der Waals surface area contributed by atoms with Gasteiger partial charge in [-0.1, -0.05) is 22.0 Å². The van der Waals surface area contributed by atoms with E-state index in [2.05, 4.69) is 15.9 Å². The van der Waals surface area contributed by atoms with E-state index in [1.807, 2.05) is 25.1 Å². The molecule has 0 fully saturated rings. The van der Waals surface area contributed by atoms with E-state index in [1.54, 1.807) is 11.9 Å². The minimum absolute atomic E-state index is 0.0601. The third-order valence-corrected chi connectivity index (χ3v) is 3.13. The Morgan fingerprint density at radius 3 is 2.72 bits per heavy atom. The molecule has 0 radical (unpaired) electrons. The molecule has 1 aromatic rings. The molecule has 0 bridgehead atoms. The topological polar surface area (TPSA) is 38.8 Å². The molecule has 0 saturated carbocycles. The van der Waals surface area contributed by atoms with Gasteiger partial charge in [0, 0.05) is 13.6 Å². The number of fused-ring (bicyclic) bond motifs is 1. The van der Waals surface area contributed by atoms with Crippen molar-refractivity contribution in [2.24, 2.45) is 0 Å². The molecule has 0 aliphatic carbocycles. The van der Waals surface area contributed by atoms with Gasteiger partial charge in [-0.15, -0.1) is 0 Å². The highest BCUT2D eigenvalue weighted by molar-refractivity contribution is 9.10. The number of rotatable bonds is 3. The number of hydrogen-bond acceptors (Lipinski definition) is 3. The van der Waals surface area contributed by atoms with E-state index in [4.69, 9.17) is 9.47 Å². The maximum absolute atomic E-state index is 11.8. The van der Waals surface area contributed by atoms with Crippen LogP contribution in [0, 0.1) is 0 Å². The molecule has 0 aromatic heterocycles. The zero-order chi connectivity index (χ0) is 13.1. The van der Waals surface area contributed by atoms with Crippen LogP contribution in [0.5, 0.6) is 11.5 Å². The van der Waals surface area contributed by atoms with Crippen LogP contribution in [0.1, 0.15) is 12.5 Å². The molecule has 0 saturated heterocycles. The van der Waals surface area contributed by atoms with E-state index in [9.17, 15) is 4.79 Å². The molecule has 1 heterocycles. The Kier molecular flexibility index (Phi) is 4.11. The van der Waals surface area contributed by atoms with Crippen LogP contribution in [0.3, 0.4) is 0 Å². The second-order valence-electron chi connectivity index (χ2n) is 4.29. The van der Waals surface area contributed by atoms with Gasteiger partial charge < -0.3 is 14.4 Å². The van der Waals surface area contributed by atoms with Crippen LogP contribution >= 0.6 is 15.9 Å². The van der Waals surface area contributed by atoms with E-state index in [1.165, 1.54) is 0 Å². The summed E-state index contributed by atoms with van der Waals surface area (Å²) in [5.74, 6) is 1.59. The van der Waals surface area contributed by atoms with Crippen LogP contribution in [0.4, 0.5) is 0 Å². The fourth-order valence-corrected chi connectivity index (χ4v) is 2.19. The van der Waals surface area contributed by atoms with E-state index >= 15 is 0 Å². The Balaban J connectivity index is 2.08. The van der Waals surface area contributed by atoms with Crippen molar-refractivity contribution in [3.8, 4) is 11.5 Å². The van der Waals surface area contributed by atoms with Crippen molar-refractivity contribution in [3.63, 3.8) is 0 Å². The number of ether oxygens (including phenoxy) is 2. The number of alkyl halides is 1. The summed E-state index contributed by atoms with van der Waals surface area (Å²) in [5, 5.41) is 0. The maximum Gasteiger partial charge on any atom is 0.236 e. The number of carbonyl (C=O) groups excluding carboxylic acids is 1. The number of carbonyl (C=O) groups is 1. The third kappa shape index (κ3) is 2.96. The van der Waals surface area contributed by atoms with Crippen molar-refractivity contribution >= 4 is 21.8 Å². The normalized spacial score (nSPS) is 15.1. The van der Waals surface area contributed by atoms with Gasteiger partial charge in [0.1, 0.15) is 13.2 Å². The Morgan fingerprint density at radius 1 is 1.39 bits per heavy atom. The van der Waals surface area contributed by atoms with Crippen LogP contribution < -0.4 is 9.47 Å². The Hall–Kier alpha value is -1.23. The molecule has 98 valence electrons. The third-order valence-electron chi connectivity index (χ3n) is 2.74. The van der Waals surface area contributed by atoms with Crippen molar-refractivity contribution in [2.45, 2.75) is 18.3 Å². The predicted molar refractivity (Wildman–Crippen MR) is 72.3 cm³/mol. The number of halogens is 1. The lowest BCUT2D eigenvalue weighted by Gasteiger charge is -2.21. The quantitative estimate of drug-likeness (QED) is 0.803. The van der Waals surface area contributed by atoms with Gasteiger partial charge in [-0.3, -0.25) is 4.79 Å². The lowest BCUT2D eigenvalue weighted by atomic mass is 10.2. The van der Waals surface area contributed by atoms with E-state index in [0.717, 1.165) is 17.1 Å². The molecule has 2 rings (SSSR count). The minimum atomic E-state index is -0.167. The van der Waals surface area contributed by atoms with Gasteiger partial charge in [-0.05, 0) is 24.6 Å². The highest BCUT2D eigenvalue weighted by atomic mass is 79.9. The van der Waals surface area contributed by atoms with Crippen LogP contribution in [-0.2, 0) is 11.3 Å². The van der Waals surface area contributed by atoms with Crippen molar-refractivity contribution in [2.75, 3.05) is 20.3 Å². The first kappa shape index (κ1) is 13.2. The standard InChI is InChI=1S/C13H16BrNO3/c1-9(14)13(16)15(2)8-10-3-4-11-12(7-10)18-6-5-17-11/h3-4,7,9H,5-6,8H2,1-2H3. The smallest absolute Gasteiger partial charge is 0.236 e. The summed E-state index contributed by atoms with van der Waals surface area (Å²) in [4.78, 5) is 13.3. The molecule has 1 aromatic carbocycles. The van der Waals surface area contributed by atoms with Crippen molar-refractivity contribution in [1.29, 1.82) is 0 Å². The average Bonchev–Trinajstić information content (AvgIpc) is 2.37. The molecule has 1 unspecified atom stereocenters. The molecular weight excluding hydrogens is 298 g/mol. The molecule has 4 nitrogen and oxygen atoms in total. The monoisotopic (exact) mass is 313 g/mol. The zero-order valence-corrected chi connectivity index (χ0v) is 12.1. The number of hydrogen-bond donors (Lipinski definition) is 0. The minimum Gasteiger partial charge on any atom is -0.486 e. The SMILES string of the molecule is CC(Br)C(=O)N(C)Cc1ccc2c(c1)OCCO2. The molecule has 1 atom stereocenters. The van der Waals surface area contributed by atoms with Gasteiger partial charge in [0.2, 0.25) is 5.91 Å². The van der Waals surface area contributed by atoms with E-state index in [0.29, 0.717) is 19.8 Å². The van der Waals surface area contributed by atoms with Crippen LogP contribution in [0.15, 0.2) is 18.2 Å². The summed E-state index contributed by atoms with van der Waals surface area (Å²) in [6.45, 7) is 3.55. The molecule has 0 spiro atoms. The van der Waals surface area contributed by atoms with Gasteiger partial charge in [0.15, 0.2) is 11.5 Å². The second kappa shape index (κ2) is 5.61. The maximum atomic E-state index is 11.8. The van der Waals surface area contributed by atoms with Gasteiger partial charge in [0.05, 0.1) is 4.83 Å². The largest absolute Gasteiger partial charge is 0.486 e. The van der Waals surface area contributed by atoms with Crippen LogP contribution in [0.25, 0.3) is 0 Å². The molecule has 5 heteroatoms. The summed E-state index contributed by atoms with van der Waals surface area (Å²) in [6, 6.07) is 5.77. The summed E-state index contributed by atoms with van der Waals surface area (Å²) in [5.41, 5.74) is 1.03. The van der Waals surface area contributed by atoms with Gasteiger partial charge in [-0.25, -0.2) is 0 Å². The van der Waals surface area contributed by atoms with Crippen molar-refractivity contribution in [3.05, 3.63) is 23.8 Å². The molecule has 1 aliphatic rings. The number of amides is 1.